The highest BCUT2D eigenvalue weighted by molar-refractivity contribution is 7.90. The molecule has 2 aromatic heterocycles. The second-order valence-electron chi connectivity index (χ2n) is 9.96. The van der Waals surface area contributed by atoms with E-state index in [2.05, 4.69) is 44.2 Å². The Bertz CT molecular complexity index is 1370. The predicted octanol–water partition coefficient (Wildman–Crippen LogP) is 4.35. The minimum absolute atomic E-state index is 0.0674. The molecule has 2 fully saturated rings. The molecule has 5 rings (SSSR count). The summed E-state index contributed by atoms with van der Waals surface area (Å²) in [6, 6.07) is 3.80. The number of piperidine rings is 1. The summed E-state index contributed by atoms with van der Waals surface area (Å²) in [6.07, 6.45) is 5.59. The number of anilines is 3. The Kier molecular flexibility index (Phi) is 5.77. The third kappa shape index (κ3) is 4.49. The maximum absolute atomic E-state index is 14.6. The summed E-state index contributed by atoms with van der Waals surface area (Å²) >= 11 is 0. The monoisotopic (exact) mass is 500 g/mol. The van der Waals surface area contributed by atoms with Gasteiger partial charge in [0.1, 0.15) is 23.8 Å². The van der Waals surface area contributed by atoms with Crippen LogP contribution >= 0.6 is 0 Å². The van der Waals surface area contributed by atoms with Gasteiger partial charge < -0.3 is 14.7 Å². The van der Waals surface area contributed by atoms with Crippen molar-refractivity contribution in [2.45, 2.75) is 56.8 Å². The standard InChI is InChI=1S/C24H29FN6O3S/c1-14(2)20-29-23(34-30-20)17-12-24(17)7-9-31(10-8-24)22-15(3)21(26-13-27-22)28-19-6-5-16(11-18(19)25)35(4,32)33/h5-6,11,13-14,17H,7-10,12H2,1-4H3,(H,26,27,28). The number of nitrogens with zero attached hydrogens (tertiary/aromatic N) is 5. The number of nitrogens with one attached hydrogen (secondary N) is 1. The average Bonchev–Trinajstić information content (AvgIpc) is 3.26. The number of hydrogen-bond acceptors (Lipinski definition) is 9. The Balaban J connectivity index is 1.28. The van der Waals surface area contributed by atoms with Crippen LogP contribution in [0.25, 0.3) is 0 Å². The SMILES string of the molecule is Cc1c(Nc2ccc(S(C)(=O)=O)cc2F)ncnc1N1CCC2(CC1)CC2c1nc(C(C)C)no1. The maximum atomic E-state index is 14.6. The zero-order valence-corrected chi connectivity index (χ0v) is 21.1. The lowest BCUT2D eigenvalue weighted by atomic mass is 9.90. The maximum Gasteiger partial charge on any atom is 0.230 e. The molecule has 1 unspecified atom stereocenters. The number of sulfone groups is 1. The molecule has 9 nitrogen and oxygen atoms in total. The Morgan fingerprint density at radius 3 is 2.60 bits per heavy atom. The molecule has 1 aromatic carbocycles. The minimum Gasteiger partial charge on any atom is -0.356 e. The van der Waals surface area contributed by atoms with E-state index < -0.39 is 15.7 Å². The van der Waals surface area contributed by atoms with Gasteiger partial charge in [0.05, 0.1) is 10.6 Å². The van der Waals surface area contributed by atoms with Crippen LogP contribution in [0.5, 0.6) is 0 Å². The van der Waals surface area contributed by atoms with Crippen molar-refractivity contribution in [1.82, 2.24) is 20.1 Å². The third-order valence-electron chi connectivity index (χ3n) is 7.20. The Morgan fingerprint density at radius 2 is 1.97 bits per heavy atom. The summed E-state index contributed by atoms with van der Waals surface area (Å²) in [7, 11) is -3.49. The smallest absolute Gasteiger partial charge is 0.230 e. The number of rotatable bonds is 6. The molecule has 1 spiro atoms. The largest absolute Gasteiger partial charge is 0.356 e. The van der Waals surface area contributed by atoms with E-state index in [1.165, 1.54) is 18.5 Å². The van der Waals surface area contributed by atoms with Crippen LogP contribution in [0, 0.1) is 18.2 Å². The fourth-order valence-corrected chi connectivity index (χ4v) is 5.51. The fraction of sp³-hybridized carbons (Fsp3) is 0.500. The normalized spacial score (nSPS) is 19.4. The molecule has 35 heavy (non-hydrogen) atoms. The summed E-state index contributed by atoms with van der Waals surface area (Å²) in [5.74, 6) is 2.73. The van der Waals surface area contributed by atoms with Gasteiger partial charge >= 0.3 is 0 Å². The highest BCUT2D eigenvalue weighted by Crippen LogP contribution is 2.64. The summed E-state index contributed by atoms with van der Waals surface area (Å²) in [5.41, 5.74) is 1.17. The molecule has 2 aliphatic rings. The zero-order chi connectivity index (χ0) is 25.0. The van der Waals surface area contributed by atoms with E-state index in [1.807, 2.05) is 6.92 Å². The summed E-state index contributed by atoms with van der Waals surface area (Å²) in [6.45, 7) is 7.70. The first-order valence-corrected chi connectivity index (χ1v) is 13.6. The van der Waals surface area contributed by atoms with E-state index in [1.54, 1.807) is 0 Å². The van der Waals surface area contributed by atoms with Gasteiger partial charge in [0.2, 0.25) is 5.89 Å². The van der Waals surface area contributed by atoms with Crippen LogP contribution in [-0.2, 0) is 9.84 Å². The first-order chi connectivity index (χ1) is 16.6. The van der Waals surface area contributed by atoms with E-state index >= 15 is 0 Å². The van der Waals surface area contributed by atoms with Gasteiger partial charge in [0.15, 0.2) is 15.7 Å². The van der Waals surface area contributed by atoms with E-state index in [-0.39, 0.29) is 21.9 Å². The fourth-order valence-electron chi connectivity index (χ4n) is 4.88. The molecule has 1 saturated heterocycles. The Hall–Kier alpha value is -3.08. The quantitative estimate of drug-likeness (QED) is 0.527. The molecule has 1 saturated carbocycles. The van der Waals surface area contributed by atoms with Crippen LogP contribution in [0.2, 0.25) is 0 Å². The van der Waals surface area contributed by atoms with E-state index in [4.69, 9.17) is 4.52 Å². The van der Waals surface area contributed by atoms with Crippen LogP contribution < -0.4 is 10.2 Å². The lowest BCUT2D eigenvalue weighted by molar-refractivity contribution is 0.324. The number of benzene rings is 1. The first-order valence-electron chi connectivity index (χ1n) is 11.7. The number of aromatic nitrogens is 4. The van der Waals surface area contributed by atoms with E-state index in [9.17, 15) is 12.8 Å². The van der Waals surface area contributed by atoms with Gasteiger partial charge in [-0.2, -0.15) is 4.98 Å². The summed E-state index contributed by atoms with van der Waals surface area (Å²) < 4.78 is 43.5. The Morgan fingerprint density at radius 1 is 1.23 bits per heavy atom. The molecule has 1 atom stereocenters. The summed E-state index contributed by atoms with van der Waals surface area (Å²) in [5, 5.41) is 7.11. The van der Waals surface area contributed by atoms with Gasteiger partial charge in [-0.05, 0) is 49.8 Å². The molecule has 1 aliphatic heterocycles. The molecule has 3 heterocycles. The summed E-state index contributed by atoms with van der Waals surface area (Å²) in [4.78, 5) is 15.6. The topological polar surface area (TPSA) is 114 Å². The van der Waals surface area contributed by atoms with Crippen LogP contribution in [0.1, 0.15) is 62.2 Å². The van der Waals surface area contributed by atoms with Crippen molar-refractivity contribution >= 4 is 27.2 Å². The molecule has 1 aliphatic carbocycles. The molecule has 0 amide bonds. The average molecular weight is 501 g/mol. The second-order valence-corrected chi connectivity index (χ2v) is 12.0. The van der Waals surface area contributed by atoms with Crippen LogP contribution in [0.4, 0.5) is 21.7 Å². The lowest BCUT2D eigenvalue weighted by Gasteiger charge is -2.34. The first kappa shape index (κ1) is 23.7. The predicted molar refractivity (Wildman–Crippen MR) is 129 cm³/mol. The molecular formula is C24H29FN6O3S. The van der Waals surface area contributed by atoms with Crippen molar-refractivity contribution < 1.29 is 17.3 Å². The van der Waals surface area contributed by atoms with Gasteiger partial charge in [0, 0.05) is 36.7 Å². The zero-order valence-electron chi connectivity index (χ0n) is 20.2. The van der Waals surface area contributed by atoms with Crippen LogP contribution in [-0.4, -0.2) is 47.9 Å². The Labute approximate surface area is 204 Å². The number of hydrogen-bond donors (Lipinski definition) is 1. The molecular weight excluding hydrogens is 471 g/mol. The molecule has 186 valence electrons. The van der Waals surface area contributed by atoms with Gasteiger partial charge in [-0.3, -0.25) is 0 Å². The van der Waals surface area contributed by atoms with E-state index in [0.717, 1.165) is 67.8 Å². The molecule has 3 aromatic rings. The van der Waals surface area contributed by atoms with Crippen LogP contribution in [0.3, 0.4) is 0 Å². The van der Waals surface area contributed by atoms with Gasteiger partial charge in [-0.25, -0.2) is 22.8 Å². The van der Waals surface area contributed by atoms with E-state index in [0.29, 0.717) is 11.7 Å². The van der Waals surface area contributed by atoms with Crippen molar-refractivity contribution in [3.05, 3.63) is 47.6 Å². The van der Waals surface area contributed by atoms with Crippen molar-refractivity contribution in [2.24, 2.45) is 5.41 Å². The highest BCUT2D eigenvalue weighted by atomic mass is 32.2. The molecule has 11 heteroatoms. The van der Waals surface area contributed by atoms with Gasteiger partial charge in [0.25, 0.3) is 0 Å². The molecule has 0 bridgehead atoms. The van der Waals surface area contributed by atoms with Crippen LogP contribution in [0.15, 0.2) is 33.9 Å². The third-order valence-corrected chi connectivity index (χ3v) is 8.31. The lowest BCUT2D eigenvalue weighted by Crippen LogP contribution is -2.36. The van der Waals surface area contributed by atoms with Crippen molar-refractivity contribution in [3.63, 3.8) is 0 Å². The van der Waals surface area contributed by atoms with Crippen molar-refractivity contribution in [3.8, 4) is 0 Å². The minimum atomic E-state index is -3.49. The van der Waals surface area contributed by atoms with Crippen molar-refractivity contribution in [1.29, 1.82) is 0 Å². The molecule has 0 radical (unpaired) electrons. The van der Waals surface area contributed by atoms with Gasteiger partial charge in [-0.1, -0.05) is 19.0 Å². The number of halogens is 1. The van der Waals surface area contributed by atoms with Crippen molar-refractivity contribution in [2.75, 3.05) is 29.6 Å². The molecule has 1 N–H and O–H groups in total. The highest BCUT2D eigenvalue weighted by Gasteiger charge is 2.58. The second kappa shape index (κ2) is 8.54. The van der Waals surface area contributed by atoms with Gasteiger partial charge in [-0.15, -0.1) is 0 Å².